The Labute approximate surface area is 338 Å². The lowest BCUT2D eigenvalue weighted by Gasteiger charge is -2.26. The fourth-order valence-corrected chi connectivity index (χ4v) is 8.10. The largest absolute Gasteiger partial charge is 0.311 e. The third-order valence-corrected chi connectivity index (χ3v) is 11.1. The van der Waals surface area contributed by atoms with Gasteiger partial charge in [0.2, 0.25) is 0 Å². The van der Waals surface area contributed by atoms with Crippen LogP contribution in [0.3, 0.4) is 0 Å². The first-order chi connectivity index (χ1) is 28.7. The van der Waals surface area contributed by atoms with Crippen LogP contribution < -0.4 is 4.90 Å². The maximum absolute atomic E-state index is 9.29. The molecule has 9 aromatic carbocycles. The first-order valence-electron chi connectivity index (χ1n) is 19.6. The van der Waals surface area contributed by atoms with Gasteiger partial charge in [0, 0.05) is 33.5 Å². The van der Waals surface area contributed by atoms with Crippen molar-refractivity contribution in [2.45, 2.75) is 0 Å². The molecule has 0 spiro atoms. The number of benzene rings is 9. The number of anilines is 3. The van der Waals surface area contributed by atoms with E-state index in [1.165, 1.54) is 38.5 Å². The number of rotatable bonds is 8. The third kappa shape index (κ3) is 6.49. The van der Waals surface area contributed by atoms with Gasteiger partial charge in [0.1, 0.15) is 0 Å². The maximum Gasteiger partial charge on any atom is 0.0991 e. The molecule has 272 valence electrons. The van der Waals surface area contributed by atoms with Gasteiger partial charge in [0.15, 0.2) is 0 Å². The van der Waals surface area contributed by atoms with Crippen LogP contribution in [0.5, 0.6) is 0 Å². The number of hydrogen-bond acceptors (Lipinski definition) is 2. The molecule has 1 heterocycles. The van der Waals surface area contributed by atoms with Crippen LogP contribution in [0.4, 0.5) is 17.1 Å². The lowest BCUT2D eigenvalue weighted by atomic mass is 10.00. The number of para-hydroxylation sites is 2. The summed E-state index contributed by atoms with van der Waals surface area (Å²) in [4.78, 5) is 2.31. The van der Waals surface area contributed by atoms with Crippen molar-refractivity contribution in [1.82, 2.24) is 4.57 Å². The van der Waals surface area contributed by atoms with Gasteiger partial charge >= 0.3 is 0 Å². The highest BCUT2D eigenvalue weighted by Gasteiger charge is 2.16. The summed E-state index contributed by atoms with van der Waals surface area (Å²) in [6.07, 6.45) is 0. The Hall–Kier alpha value is -7.93. The minimum atomic E-state index is 0.656. The van der Waals surface area contributed by atoms with Gasteiger partial charge in [-0.15, -0.1) is 0 Å². The van der Waals surface area contributed by atoms with Gasteiger partial charge in [-0.1, -0.05) is 152 Å². The van der Waals surface area contributed by atoms with E-state index >= 15 is 0 Å². The zero-order valence-electron chi connectivity index (χ0n) is 31.7. The Balaban J connectivity index is 0.994. The topological polar surface area (TPSA) is 32.0 Å². The Kier molecular flexibility index (Phi) is 8.91. The van der Waals surface area contributed by atoms with E-state index in [9.17, 15) is 5.26 Å². The second-order valence-corrected chi connectivity index (χ2v) is 14.5. The molecule has 1 aromatic heterocycles. The van der Waals surface area contributed by atoms with Crippen molar-refractivity contribution in [1.29, 1.82) is 5.26 Å². The van der Waals surface area contributed by atoms with Crippen LogP contribution in [0, 0.1) is 11.3 Å². The van der Waals surface area contributed by atoms with E-state index in [0.717, 1.165) is 50.6 Å². The molecule has 10 rings (SSSR count). The predicted molar refractivity (Wildman–Crippen MR) is 242 cm³/mol. The van der Waals surface area contributed by atoms with Crippen molar-refractivity contribution < 1.29 is 0 Å². The maximum atomic E-state index is 9.29. The zero-order chi connectivity index (χ0) is 38.8. The van der Waals surface area contributed by atoms with Gasteiger partial charge in [-0.3, -0.25) is 0 Å². The smallest absolute Gasteiger partial charge is 0.0991 e. The molecule has 0 aliphatic heterocycles. The van der Waals surface area contributed by atoms with Gasteiger partial charge in [0.25, 0.3) is 0 Å². The number of hydrogen-bond donors (Lipinski definition) is 0. The van der Waals surface area contributed by atoms with Gasteiger partial charge in [-0.05, 0) is 117 Å². The molecule has 0 unspecified atom stereocenters. The summed E-state index contributed by atoms with van der Waals surface area (Å²) in [6.45, 7) is 0. The van der Waals surface area contributed by atoms with E-state index in [-0.39, 0.29) is 0 Å². The van der Waals surface area contributed by atoms with E-state index in [2.05, 4.69) is 210 Å². The quantitative estimate of drug-likeness (QED) is 0.155. The molecule has 58 heavy (non-hydrogen) atoms. The molecule has 3 nitrogen and oxygen atoms in total. The van der Waals surface area contributed by atoms with Crippen molar-refractivity contribution in [2.75, 3.05) is 4.90 Å². The summed E-state index contributed by atoms with van der Waals surface area (Å²) in [5.41, 5.74) is 16.6. The van der Waals surface area contributed by atoms with Crippen LogP contribution in [0.2, 0.25) is 0 Å². The monoisotopic (exact) mass is 739 g/mol. The van der Waals surface area contributed by atoms with Crippen LogP contribution in [-0.2, 0) is 0 Å². The molecule has 0 saturated carbocycles. The standard InChI is InChI=1S/C55H37N3/c56-38-39-17-19-41(20-18-39)44-25-31-48(32-26-44)57(49-33-27-45(28-34-49)43-23-21-42(22-24-43)40-9-2-1-3-10-40)50-35-29-46(30-36-50)47-11-8-12-51(37-47)58-54-15-6-4-13-52(54)53-14-5-7-16-55(53)58/h1-37H. The van der Waals surface area contributed by atoms with Crippen LogP contribution in [0.15, 0.2) is 224 Å². The molecule has 0 amide bonds. The van der Waals surface area contributed by atoms with Gasteiger partial charge in [-0.2, -0.15) is 5.26 Å². The molecule has 0 bridgehead atoms. The van der Waals surface area contributed by atoms with Crippen LogP contribution >= 0.6 is 0 Å². The first kappa shape index (κ1) is 34.6. The molecule has 0 fully saturated rings. The number of nitriles is 1. The lowest BCUT2D eigenvalue weighted by molar-refractivity contribution is 1.18. The molecule has 0 aliphatic carbocycles. The zero-order valence-corrected chi connectivity index (χ0v) is 31.7. The molecule has 0 aliphatic rings. The van der Waals surface area contributed by atoms with E-state index < -0.39 is 0 Å². The van der Waals surface area contributed by atoms with Gasteiger partial charge in [0.05, 0.1) is 22.7 Å². The highest BCUT2D eigenvalue weighted by atomic mass is 15.1. The fourth-order valence-electron chi connectivity index (χ4n) is 8.10. The second-order valence-electron chi connectivity index (χ2n) is 14.5. The number of fused-ring (bicyclic) bond motifs is 3. The lowest BCUT2D eigenvalue weighted by Crippen LogP contribution is -2.09. The highest BCUT2D eigenvalue weighted by Crippen LogP contribution is 2.39. The van der Waals surface area contributed by atoms with Crippen LogP contribution in [-0.4, -0.2) is 4.57 Å². The van der Waals surface area contributed by atoms with E-state index in [0.29, 0.717) is 5.56 Å². The first-order valence-corrected chi connectivity index (χ1v) is 19.6. The Morgan fingerprint density at radius 3 is 1.16 bits per heavy atom. The minimum Gasteiger partial charge on any atom is -0.311 e. The van der Waals surface area contributed by atoms with Crippen molar-refractivity contribution in [2.24, 2.45) is 0 Å². The van der Waals surface area contributed by atoms with Crippen LogP contribution in [0.1, 0.15) is 5.56 Å². The summed E-state index contributed by atoms with van der Waals surface area (Å²) < 4.78 is 2.37. The second kappa shape index (κ2) is 15.0. The van der Waals surface area contributed by atoms with Crippen molar-refractivity contribution in [3.8, 4) is 56.3 Å². The SMILES string of the molecule is N#Cc1ccc(-c2ccc(N(c3ccc(-c4ccc(-c5ccccc5)cc4)cc3)c3ccc(-c4cccc(-n5c6ccccc6c6ccccc65)c4)cc3)cc2)cc1. The van der Waals surface area contributed by atoms with Crippen molar-refractivity contribution in [3.05, 3.63) is 230 Å². The predicted octanol–water partition coefficient (Wildman–Crippen LogP) is 14.8. The van der Waals surface area contributed by atoms with Gasteiger partial charge < -0.3 is 9.47 Å². The van der Waals surface area contributed by atoms with E-state index in [4.69, 9.17) is 0 Å². The van der Waals surface area contributed by atoms with Crippen molar-refractivity contribution >= 4 is 38.9 Å². The van der Waals surface area contributed by atoms with E-state index in [1.807, 2.05) is 30.3 Å². The molecular formula is C55H37N3. The molecule has 0 saturated heterocycles. The number of aromatic nitrogens is 1. The molecule has 0 atom stereocenters. The molecule has 0 radical (unpaired) electrons. The Morgan fingerprint density at radius 1 is 0.328 bits per heavy atom. The summed E-state index contributed by atoms with van der Waals surface area (Å²) in [5.74, 6) is 0. The summed E-state index contributed by atoms with van der Waals surface area (Å²) in [5, 5.41) is 11.8. The third-order valence-electron chi connectivity index (χ3n) is 11.1. The highest BCUT2D eigenvalue weighted by molar-refractivity contribution is 6.09. The molecule has 10 aromatic rings. The average Bonchev–Trinajstić information content (AvgIpc) is 3.65. The summed E-state index contributed by atoms with van der Waals surface area (Å²) in [7, 11) is 0. The summed E-state index contributed by atoms with van der Waals surface area (Å²) in [6, 6.07) is 81.7. The Morgan fingerprint density at radius 2 is 0.690 bits per heavy atom. The molecular weight excluding hydrogens is 703 g/mol. The number of nitrogens with zero attached hydrogens (tertiary/aromatic N) is 3. The van der Waals surface area contributed by atoms with Crippen molar-refractivity contribution in [3.63, 3.8) is 0 Å². The summed E-state index contributed by atoms with van der Waals surface area (Å²) >= 11 is 0. The van der Waals surface area contributed by atoms with Crippen LogP contribution in [0.25, 0.3) is 72.0 Å². The van der Waals surface area contributed by atoms with Gasteiger partial charge in [-0.25, -0.2) is 0 Å². The fraction of sp³-hybridized carbons (Fsp3) is 0. The molecule has 3 heteroatoms. The van der Waals surface area contributed by atoms with E-state index in [1.54, 1.807) is 0 Å². The average molecular weight is 740 g/mol. The molecule has 0 N–H and O–H groups in total. The Bertz CT molecular complexity index is 3010. The minimum absolute atomic E-state index is 0.656. The normalized spacial score (nSPS) is 11.1.